The van der Waals surface area contributed by atoms with Crippen LogP contribution >= 0.6 is 24.0 Å². The summed E-state index contributed by atoms with van der Waals surface area (Å²) in [6.07, 6.45) is 6.60. The number of halogens is 1. The number of rotatable bonds is 6. The zero-order valence-electron chi connectivity index (χ0n) is 14.4. The first-order valence-corrected chi connectivity index (χ1v) is 8.50. The molecular formula is C19H25IN4O. The normalized spacial score (nSPS) is 14.4. The number of guanidine groups is 1. The highest BCUT2D eigenvalue weighted by molar-refractivity contribution is 14.0. The van der Waals surface area contributed by atoms with Crippen LogP contribution in [-0.2, 0) is 13.0 Å². The molecule has 3 N–H and O–H groups in total. The molecule has 0 atom stereocenters. The lowest BCUT2D eigenvalue weighted by Crippen LogP contribution is -2.25. The van der Waals surface area contributed by atoms with E-state index in [1.807, 2.05) is 24.3 Å². The van der Waals surface area contributed by atoms with E-state index in [-0.39, 0.29) is 24.0 Å². The highest BCUT2D eigenvalue weighted by Crippen LogP contribution is 2.24. The van der Waals surface area contributed by atoms with E-state index in [0.29, 0.717) is 24.5 Å². The maximum absolute atomic E-state index is 5.97. The number of aromatic nitrogens is 1. The third kappa shape index (κ3) is 5.88. The summed E-state index contributed by atoms with van der Waals surface area (Å²) < 4.78 is 5.81. The molecule has 1 aromatic carbocycles. The molecule has 1 saturated carbocycles. The molecule has 0 radical (unpaired) electrons. The van der Waals surface area contributed by atoms with E-state index in [1.165, 1.54) is 12.0 Å². The Bertz CT molecular complexity index is 699. The molecule has 5 nitrogen and oxygen atoms in total. The number of hydrogen-bond acceptors (Lipinski definition) is 3. The van der Waals surface area contributed by atoms with Crippen LogP contribution in [0.1, 0.15) is 37.3 Å². The number of nitrogens with two attached hydrogens (primary N) is 1. The molecule has 0 bridgehead atoms. The number of nitrogens with zero attached hydrogens (tertiary/aromatic N) is 2. The summed E-state index contributed by atoms with van der Waals surface area (Å²) in [7, 11) is 0. The van der Waals surface area contributed by atoms with E-state index < -0.39 is 0 Å². The zero-order valence-corrected chi connectivity index (χ0v) is 16.8. The third-order valence-electron chi connectivity index (χ3n) is 4.21. The van der Waals surface area contributed by atoms with Crippen molar-refractivity contribution in [2.75, 3.05) is 5.32 Å². The van der Waals surface area contributed by atoms with E-state index in [2.05, 4.69) is 34.3 Å². The van der Waals surface area contributed by atoms with Gasteiger partial charge in [-0.25, -0.2) is 9.98 Å². The van der Waals surface area contributed by atoms with Crippen molar-refractivity contribution in [1.82, 2.24) is 4.98 Å². The van der Waals surface area contributed by atoms with Gasteiger partial charge in [0.15, 0.2) is 5.96 Å². The van der Waals surface area contributed by atoms with Crippen LogP contribution in [0.5, 0.6) is 5.88 Å². The Hall–Kier alpha value is -1.83. The second-order valence-corrected chi connectivity index (χ2v) is 6.05. The van der Waals surface area contributed by atoms with E-state index >= 15 is 0 Å². The number of hydrogen-bond donors (Lipinski definition) is 2. The van der Waals surface area contributed by atoms with Gasteiger partial charge in [-0.1, -0.05) is 19.1 Å². The second-order valence-electron chi connectivity index (χ2n) is 6.05. The van der Waals surface area contributed by atoms with Crippen LogP contribution in [0.3, 0.4) is 0 Å². The number of aliphatic imine (C=N–C) groups is 1. The predicted molar refractivity (Wildman–Crippen MR) is 113 cm³/mol. The fourth-order valence-corrected chi connectivity index (χ4v) is 2.46. The van der Waals surface area contributed by atoms with Crippen molar-refractivity contribution in [1.29, 1.82) is 0 Å². The van der Waals surface area contributed by atoms with Crippen LogP contribution in [0.15, 0.2) is 47.6 Å². The molecule has 0 spiro atoms. The molecular weight excluding hydrogens is 427 g/mol. The minimum atomic E-state index is 0. The molecule has 25 heavy (non-hydrogen) atoms. The topological polar surface area (TPSA) is 72.5 Å². The van der Waals surface area contributed by atoms with Gasteiger partial charge in [0.2, 0.25) is 5.88 Å². The molecule has 0 unspecified atom stereocenters. The van der Waals surface area contributed by atoms with Gasteiger partial charge in [0.1, 0.15) is 6.10 Å². The third-order valence-corrected chi connectivity index (χ3v) is 4.21. The lowest BCUT2D eigenvalue weighted by Gasteiger charge is -2.25. The Morgan fingerprint density at radius 3 is 2.64 bits per heavy atom. The van der Waals surface area contributed by atoms with Crippen LogP contribution in [0, 0.1) is 0 Å². The Labute approximate surface area is 166 Å². The molecule has 6 heteroatoms. The fourth-order valence-electron chi connectivity index (χ4n) is 2.46. The minimum absolute atomic E-state index is 0. The number of ether oxygens (including phenoxy) is 1. The summed E-state index contributed by atoms with van der Waals surface area (Å²) in [4.78, 5) is 8.64. The van der Waals surface area contributed by atoms with Crippen molar-refractivity contribution < 1.29 is 4.74 Å². The van der Waals surface area contributed by atoms with Crippen molar-refractivity contribution in [3.63, 3.8) is 0 Å². The van der Waals surface area contributed by atoms with Crippen molar-refractivity contribution >= 4 is 35.6 Å². The molecule has 0 saturated heterocycles. The van der Waals surface area contributed by atoms with E-state index in [1.54, 1.807) is 6.20 Å². The average Bonchev–Trinajstić information content (AvgIpc) is 2.57. The predicted octanol–water partition coefficient (Wildman–Crippen LogP) is 4.12. The molecule has 1 aromatic heterocycles. The second kappa shape index (κ2) is 9.60. The van der Waals surface area contributed by atoms with Crippen LogP contribution in [0.25, 0.3) is 0 Å². The van der Waals surface area contributed by atoms with Gasteiger partial charge in [0.05, 0.1) is 6.54 Å². The summed E-state index contributed by atoms with van der Waals surface area (Å²) in [5, 5.41) is 3.11. The highest BCUT2D eigenvalue weighted by atomic mass is 127. The maximum atomic E-state index is 5.97. The molecule has 3 rings (SSSR count). The zero-order chi connectivity index (χ0) is 16.8. The first-order valence-electron chi connectivity index (χ1n) is 8.50. The SMILES string of the molecule is CCc1ccc(NC(N)=NCc2ccnc(OC3CCC3)c2)cc1.I. The Balaban J connectivity index is 0.00000225. The lowest BCUT2D eigenvalue weighted by molar-refractivity contribution is 0.114. The maximum Gasteiger partial charge on any atom is 0.213 e. The van der Waals surface area contributed by atoms with Crippen molar-refractivity contribution in [3.05, 3.63) is 53.7 Å². The number of pyridine rings is 1. The van der Waals surface area contributed by atoms with Gasteiger partial charge in [-0.3, -0.25) is 0 Å². The van der Waals surface area contributed by atoms with Crippen LogP contribution in [0.2, 0.25) is 0 Å². The Morgan fingerprint density at radius 2 is 2.00 bits per heavy atom. The molecule has 0 amide bonds. The first kappa shape index (κ1) is 19.5. The van der Waals surface area contributed by atoms with Gasteiger partial charge in [0.25, 0.3) is 0 Å². The number of nitrogens with one attached hydrogen (secondary N) is 1. The van der Waals surface area contributed by atoms with Crippen LogP contribution in [0.4, 0.5) is 5.69 Å². The van der Waals surface area contributed by atoms with Gasteiger partial charge in [-0.05, 0) is 55.0 Å². The van der Waals surface area contributed by atoms with E-state index in [4.69, 9.17) is 10.5 Å². The molecule has 1 aliphatic carbocycles. The van der Waals surface area contributed by atoms with Gasteiger partial charge in [-0.2, -0.15) is 0 Å². The van der Waals surface area contributed by atoms with Gasteiger partial charge < -0.3 is 15.8 Å². The summed E-state index contributed by atoms with van der Waals surface area (Å²) in [6.45, 7) is 2.63. The average molecular weight is 452 g/mol. The largest absolute Gasteiger partial charge is 0.474 e. The molecule has 1 heterocycles. The van der Waals surface area contributed by atoms with E-state index in [0.717, 1.165) is 30.5 Å². The fraction of sp³-hybridized carbons (Fsp3) is 0.368. The Kier molecular flexibility index (Phi) is 7.49. The highest BCUT2D eigenvalue weighted by Gasteiger charge is 2.19. The van der Waals surface area contributed by atoms with E-state index in [9.17, 15) is 0 Å². The van der Waals surface area contributed by atoms with Crippen molar-refractivity contribution in [2.24, 2.45) is 10.7 Å². The van der Waals surface area contributed by atoms with Gasteiger partial charge in [0, 0.05) is 18.0 Å². The van der Waals surface area contributed by atoms with Gasteiger partial charge in [-0.15, -0.1) is 24.0 Å². The summed E-state index contributed by atoms with van der Waals surface area (Å²) in [5.41, 5.74) is 9.24. The minimum Gasteiger partial charge on any atom is -0.474 e. The summed E-state index contributed by atoms with van der Waals surface area (Å²) in [5.74, 6) is 1.08. The molecule has 134 valence electrons. The Morgan fingerprint density at radius 1 is 1.24 bits per heavy atom. The van der Waals surface area contributed by atoms with Gasteiger partial charge >= 0.3 is 0 Å². The van der Waals surface area contributed by atoms with Crippen molar-refractivity contribution in [3.8, 4) is 5.88 Å². The quantitative estimate of drug-likeness (QED) is 0.393. The summed E-state index contributed by atoms with van der Waals surface area (Å²) in [6, 6.07) is 12.1. The molecule has 0 aliphatic heterocycles. The number of aryl methyl sites for hydroxylation is 1. The molecule has 2 aromatic rings. The smallest absolute Gasteiger partial charge is 0.213 e. The molecule has 1 aliphatic rings. The number of anilines is 1. The number of benzene rings is 1. The standard InChI is InChI=1S/C19H24N4O.HI/c1-2-14-6-8-16(9-7-14)23-19(20)22-13-15-10-11-21-18(12-15)24-17-4-3-5-17;/h6-12,17H,2-5,13H2,1H3,(H3,20,22,23);1H. The monoisotopic (exact) mass is 452 g/mol. The van der Waals surface area contributed by atoms with Crippen molar-refractivity contribution in [2.45, 2.75) is 45.3 Å². The van der Waals surface area contributed by atoms with Crippen LogP contribution in [-0.4, -0.2) is 17.0 Å². The first-order chi connectivity index (χ1) is 11.7. The summed E-state index contributed by atoms with van der Waals surface area (Å²) >= 11 is 0. The molecule has 1 fully saturated rings. The van der Waals surface area contributed by atoms with Crippen LogP contribution < -0.4 is 15.8 Å². The lowest BCUT2D eigenvalue weighted by atomic mass is 9.96.